The number of carboxylic acids is 1. The number of carbonyl (C=O) groups is 2. The molecule has 1 N–H and O–H groups in total. The van der Waals surface area contributed by atoms with E-state index in [1.165, 1.54) is 0 Å². The fourth-order valence-electron chi connectivity index (χ4n) is 3.07. The number of carbonyl (C=O) groups excluding carboxylic acids is 1. The molecule has 1 aromatic rings. The van der Waals surface area contributed by atoms with Gasteiger partial charge in [0, 0.05) is 31.3 Å². The average molecular weight is 293 g/mol. The van der Waals surface area contributed by atoms with Crippen molar-refractivity contribution in [3.8, 4) is 0 Å². The Kier molecular flexibility index (Phi) is 4.98. The summed E-state index contributed by atoms with van der Waals surface area (Å²) >= 11 is 0. The molecule has 0 spiro atoms. The van der Waals surface area contributed by atoms with Crippen molar-refractivity contribution in [2.24, 2.45) is 5.92 Å². The Bertz CT molecular complexity index is 510. The molecule has 2 heterocycles. The molecule has 0 aliphatic carbocycles. The fourth-order valence-corrected chi connectivity index (χ4v) is 3.07. The molecule has 1 saturated heterocycles. The molecule has 1 aliphatic heterocycles. The predicted molar refractivity (Wildman–Crippen MR) is 77.6 cm³/mol. The third-order valence-corrected chi connectivity index (χ3v) is 4.05. The van der Waals surface area contributed by atoms with Gasteiger partial charge in [0.05, 0.1) is 18.2 Å². The third-order valence-electron chi connectivity index (χ3n) is 4.05. The highest BCUT2D eigenvalue weighted by Gasteiger charge is 2.38. The van der Waals surface area contributed by atoms with Crippen LogP contribution in [0.3, 0.4) is 0 Å². The van der Waals surface area contributed by atoms with E-state index in [1.807, 2.05) is 17.8 Å². The van der Waals surface area contributed by atoms with Crippen LogP contribution in [0.25, 0.3) is 0 Å². The lowest BCUT2D eigenvalue weighted by atomic mass is 9.91. The summed E-state index contributed by atoms with van der Waals surface area (Å²) in [5, 5.41) is 13.8. The minimum absolute atomic E-state index is 0.0366. The van der Waals surface area contributed by atoms with Crippen molar-refractivity contribution < 1.29 is 14.7 Å². The van der Waals surface area contributed by atoms with Crippen LogP contribution in [-0.2, 0) is 16.1 Å². The average Bonchev–Trinajstić information content (AvgIpc) is 2.82. The summed E-state index contributed by atoms with van der Waals surface area (Å²) in [5.41, 5.74) is 0.827. The van der Waals surface area contributed by atoms with E-state index in [0.29, 0.717) is 25.8 Å². The SMILES string of the molecule is CCCn1cc(C2C(C(=O)O)CCCC(=O)N2CC)cn1. The minimum Gasteiger partial charge on any atom is -0.481 e. The smallest absolute Gasteiger partial charge is 0.308 e. The van der Waals surface area contributed by atoms with Crippen molar-refractivity contribution in [1.82, 2.24) is 14.7 Å². The molecule has 0 aromatic carbocycles. The Balaban J connectivity index is 2.38. The maximum atomic E-state index is 12.2. The number of amides is 1. The van der Waals surface area contributed by atoms with E-state index in [-0.39, 0.29) is 5.91 Å². The Labute approximate surface area is 124 Å². The molecule has 0 radical (unpaired) electrons. The summed E-state index contributed by atoms with van der Waals surface area (Å²) in [6.45, 7) is 5.28. The zero-order chi connectivity index (χ0) is 15.4. The van der Waals surface area contributed by atoms with Gasteiger partial charge in [0.25, 0.3) is 0 Å². The van der Waals surface area contributed by atoms with Crippen molar-refractivity contribution in [2.45, 2.75) is 52.1 Å². The van der Waals surface area contributed by atoms with E-state index in [4.69, 9.17) is 0 Å². The molecular formula is C15H23N3O3. The monoisotopic (exact) mass is 293 g/mol. The van der Waals surface area contributed by atoms with Crippen molar-refractivity contribution in [1.29, 1.82) is 0 Å². The molecule has 6 heteroatoms. The molecule has 0 saturated carbocycles. The van der Waals surface area contributed by atoms with E-state index in [2.05, 4.69) is 12.0 Å². The number of aromatic nitrogens is 2. The standard InChI is InChI=1S/C15H23N3O3/c1-3-8-17-10-11(9-16-17)14-12(15(20)21)6-5-7-13(19)18(14)4-2/h9-10,12,14H,3-8H2,1-2H3,(H,20,21). The van der Waals surface area contributed by atoms with Crippen molar-refractivity contribution in [2.75, 3.05) is 6.54 Å². The maximum absolute atomic E-state index is 12.2. The lowest BCUT2D eigenvalue weighted by Gasteiger charge is -2.32. The first-order valence-corrected chi connectivity index (χ1v) is 7.63. The Hall–Kier alpha value is -1.85. The first-order valence-electron chi connectivity index (χ1n) is 7.63. The van der Waals surface area contributed by atoms with Gasteiger partial charge < -0.3 is 10.0 Å². The second-order valence-corrected chi connectivity index (χ2v) is 5.50. The number of rotatable bonds is 5. The van der Waals surface area contributed by atoms with Gasteiger partial charge in [0.15, 0.2) is 0 Å². The summed E-state index contributed by atoms with van der Waals surface area (Å²) in [5.74, 6) is -1.36. The van der Waals surface area contributed by atoms with Gasteiger partial charge >= 0.3 is 5.97 Å². The van der Waals surface area contributed by atoms with Crippen LogP contribution < -0.4 is 0 Å². The molecule has 2 unspecified atom stereocenters. The number of hydrogen-bond donors (Lipinski definition) is 1. The van der Waals surface area contributed by atoms with E-state index in [0.717, 1.165) is 18.5 Å². The van der Waals surface area contributed by atoms with Gasteiger partial charge in [-0.3, -0.25) is 14.3 Å². The summed E-state index contributed by atoms with van der Waals surface area (Å²) in [6.07, 6.45) is 6.14. The van der Waals surface area contributed by atoms with E-state index >= 15 is 0 Å². The second-order valence-electron chi connectivity index (χ2n) is 5.50. The van der Waals surface area contributed by atoms with Crippen LogP contribution in [0.15, 0.2) is 12.4 Å². The number of nitrogens with zero attached hydrogens (tertiary/aromatic N) is 3. The van der Waals surface area contributed by atoms with Gasteiger partial charge in [-0.1, -0.05) is 6.92 Å². The third kappa shape index (κ3) is 3.25. The van der Waals surface area contributed by atoms with Gasteiger partial charge in [-0.25, -0.2) is 0 Å². The van der Waals surface area contributed by atoms with Gasteiger partial charge in [-0.2, -0.15) is 5.10 Å². The molecule has 1 aliphatic rings. The summed E-state index contributed by atoms with van der Waals surface area (Å²) in [7, 11) is 0. The topological polar surface area (TPSA) is 75.4 Å². The van der Waals surface area contributed by atoms with Crippen molar-refractivity contribution >= 4 is 11.9 Å². The van der Waals surface area contributed by atoms with Crippen LogP contribution in [-0.4, -0.2) is 38.2 Å². The van der Waals surface area contributed by atoms with Crippen LogP contribution in [0, 0.1) is 5.92 Å². The summed E-state index contributed by atoms with van der Waals surface area (Å²) < 4.78 is 1.82. The Morgan fingerprint density at radius 2 is 2.24 bits per heavy atom. The number of hydrogen-bond acceptors (Lipinski definition) is 3. The highest BCUT2D eigenvalue weighted by Crippen LogP contribution is 2.35. The lowest BCUT2D eigenvalue weighted by molar-refractivity contribution is -0.146. The highest BCUT2D eigenvalue weighted by molar-refractivity contribution is 5.79. The van der Waals surface area contributed by atoms with Crippen LogP contribution >= 0.6 is 0 Å². The largest absolute Gasteiger partial charge is 0.481 e. The van der Waals surface area contributed by atoms with Crippen LogP contribution in [0.1, 0.15) is 51.1 Å². The van der Waals surface area contributed by atoms with Crippen molar-refractivity contribution in [3.05, 3.63) is 18.0 Å². The quantitative estimate of drug-likeness (QED) is 0.901. The van der Waals surface area contributed by atoms with E-state index < -0.39 is 17.9 Å². The van der Waals surface area contributed by atoms with Gasteiger partial charge in [0.2, 0.25) is 5.91 Å². The first-order chi connectivity index (χ1) is 10.1. The molecule has 1 fully saturated rings. The zero-order valence-electron chi connectivity index (χ0n) is 12.7. The van der Waals surface area contributed by atoms with Gasteiger partial charge in [-0.15, -0.1) is 0 Å². The van der Waals surface area contributed by atoms with Crippen molar-refractivity contribution in [3.63, 3.8) is 0 Å². The molecule has 2 atom stereocenters. The normalized spacial score (nSPS) is 23.1. The first kappa shape index (κ1) is 15.5. The van der Waals surface area contributed by atoms with Crippen LogP contribution in [0.5, 0.6) is 0 Å². The minimum atomic E-state index is -0.837. The fraction of sp³-hybridized carbons (Fsp3) is 0.667. The number of aliphatic carboxylic acids is 1. The summed E-state index contributed by atoms with van der Waals surface area (Å²) in [6, 6.07) is -0.409. The molecule has 1 aromatic heterocycles. The molecule has 0 bridgehead atoms. The Morgan fingerprint density at radius 1 is 1.48 bits per heavy atom. The maximum Gasteiger partial charge on any atom is 0.308 e. The molecule has 2 rings (SSSR count). The second kappa shape index (κ2) is 6.74. The molecule has 6 nitrogen and oxygen atoms in total. The van der Waals surface area contributed by atoms with Gasteiger partial charge in [0.1, 0.15) is 0 Å². The number of carboxylic acid groups (broad SMARTS) is 1. The number of aryl methyl sites for hydroxylation is 1. The molecule has 1 amide bonds. The molecule has 21 heavy (non-hydrogen) atoms. The predicted octanol–water partition coefficient (Wildman–Crippen LogP) is 2.07. The molecular weight excluding hydrogens is 270 g/mol. The van der Waals surface area contributed by atoms with Crippen LogP contribution in [0.4, 0.5) is 0 Å². The van der Waals surface area contributed by atoms with Gasteiger partial charge in [-0.05, 0) is 26.2 Å². The highest BCUT2D eigenvalue weighted by atomic mass is 16.4. The molecule has 116 valence electrons. The number of likely N-dealkylation sites (tertiary alicyclic amines) is 1. The zero-order valence-corrected chi connectivity index (χ0v) is 12.7. The van der Waals surface area contributed by atoms with Crippen LogP contribution in [0.2, 0.25) is 0 Å². The van der Waals surface area contributed by atoms with E-state index in [9.17, 15) is 14.7 Å². The summed E-state index contributed by atoms with van der Waals surface area (Å²) in [4.78, 5) is 25.6. The van der Waals surface area contributed by atoms with E-state index in [1.54, 1.807) is 11.1 Å². The lowest BCUT2D eigenvalue weighted by Crippen LogP contribution is -2.38. The Morgan fingerprint density at radius 3 is 2.86 bits per heavy atom.